The Hall–Kier alpha value is -4.24. The van der Waals surface area contributed by atoms with Gasteiger partial charge >= 0.3 is 17.8 Å². The summed E-state index contributed by atoms with van der Waals surface area (Å²) in [5.74, 6) is -2.55. The van der Waals surface area contributed by atoms with E-state index >= 15 is 0 Å². The lowest BCUT2D eigenvalue weighted by Crippen LogP contribution is -2.32. The summed E-state index contributed by atoms with van der Waals surface area (Å²) >= 11 is 5.84. The van der Waals surface area contributed by atoms with E-state index in [1.807, 2.05) is 0 Å². The Morgan fingerprint density at radius 1 is 0.971 bits per heavy atom. The molecule has 10 heteroatoms. The standard InChI is InChI=1S/C24H19ClFN3O5/c1-2-33-21-13-15(3-12-20(21)34-24(32)16-4-6-17(25)7-5-16)14-27-29-23(31)22(30)28-19-10-8-18(26)9-11-19/h3-14H,2H2,1H3,(H,28,30)(H,29,31)/b27-14-. The van der Waals surface area contributed by atoms with E-state index in [9.17, 15) is 18.8 Å². The fourth-order valence-electron chi connectivity index (χ4n) is 2.64. The van der Waals surface area contributed by atoms with Crippen molar-refractivity contribution in [3.8, 4) is 11.5 Å². The van der Waals surface area contributed by atoms with E-state index in [1.165, 1.54) is 24.4 Å². The maximum atomic E-state index is 12.9. The van der Waals surface area contributed by atoms with E-state index in [0.717, 1.165) is 12.1 Å². The number of hydrogen-bond acceptors (Lipinski definition) is 6. The van der Waals surface area contributed by atoms with Gasteiger partial charge in [-0.15, -0.1) is 0 Å². The van der Waals surface area contributed by atoms with Gasteiger partial charge in [0.1, 0.15) is 5.82 Å². The Morgan fingerprint density at radius 2 is 1.68 bits per heavy atom. The zero-order valence-electron chi connectivity index (χ0n) is 17.9. The SMILES string of the molecule is CCOc1cc(/C=N\NC(=O)C(=O)Nc2ccc(F)cc2)ccc1OC(=O)c1ccc(Cl)cc1. The lowest BCUT2D eigenvalue weighted by Gasteiger charge is -2.11. The second-order valence-corrected chi connectivity index (χ2v) is 7.13. The normalized spacial score (nSPS) is 10.6. The van der Waals surface area contributed by atoms with Crippen molar-refractivity contribution in [3.63, 3.8) is 0 Å². The van der Waals surface area contributed by atoms with Crippen molar-refractivity contribution in [2.75, 3.05) is 11.9 Å². The van der Waals surface area contributed by atoms with Crippen LogP contribution in [0.15, 0.2) is 71.8 Å². The molecule has 0 aliphatic heterocycles. The smallest absolute Gasteiger partial charge is 0.343 e. The van der Waals surface area contributed by atoms with Gasteiger partial charge < -0.3 is 14.8 Å². The fourth-order valence-corrected chi connectivity index (χ4v) is 2.77. The minimum Gasteiger partial charge on any atom is -0.490 e. The number of rotatable bonds is 7. The average Bonchev–Trinajstić information content (AvgIpc) is 2.82. The summed E-state index contributed by atoms with van der Waals surface area (Å²) in [7, 11) is 0. The molecule has 3 aromatic rings. The van der Waals surface area contributed by atoms with E-state index in [-0.39, 0.29) is 17.2 Å². The predicted molar refractivity (Wildman–Crippen MR) is 125 cm³/mol. The molecule has 8 nitrogen and oxygen atoms in total. The number of halogens is 2. The molecule has 0 spiro atoms. The number of benzene rings is 3. The van der Waals surface area contributed by atoms with Crippen LogP contribution in [0, 0.1) is 5.82 Å². The van der Waals surface area contributed by atoms with Crippen LogP contribution < -0.4 is 20.2 Å². The van der Waals surface area contributed by atoms with Crippen LogP contribution in [0.5, 0.6) is 11.5 Å². The second-order valence-electron chi connectivity index (χ2n) is 6.70. The maximum Gasteiger partial charge on any atom is 0.343 e. The third-order valence-electron chi connectivity index (χ3n) is 4.24. The van der Waals surface area contributed by atoms with Gasteiger partial charge in [0.25, 0.3) is 0 Å². The van der Waals surface area contributed by atoms with Gasteiger partial charge in [-0.25, -0.2) is 14.6 Å². The monoisotopic (exact) mass is 483 g/mol. The first kappa shape index (κ1) is 24.4. The number of esters is 1. The van der Waals surface area contributed by atoms with Crippen LogP contribution in [0.25, 0.3) is 0 Å². The number of anilines is 1. The molecule has 0 saturated heterocycles. The molecule has 0 saturated carbocycles. The zero-order valence-corrected chi connectivity index (χ0v) is 18.6. The van der Waals surface area contributed by atoms with E-state index in [1.54, 1.807) is 43.3 Å². The van der Waals surface area contributed by atoms with Crippen molar-refractivity contribution < 1.29 is 28.2 Å². The van der Waals surface area contributed by atoms with Gasteiger partial charge in [0.15, 0.2) is 11.5 Å². The number of hydrazone groups is 1. The topological polar surface area (TPSA) is 106 Å². The first-order chi connectivity index (χ1) is 16.4. The number of hydrogen-bond donors (Lipinski definition) is 2. The van der Waals surface area contributed by atoms with Gasteiger partial charge in [-0.3, -0.25) is 9.59 Å². The van der Waals surface area contributed by atoms with Gasteiger partial charge in [0.2, 0.25) is 0 Å². The molecule has 3 aromatic carbocycles. The van der Waals surface area contributed by atoms with Crippen molar-refractivity contribution in [2.24, 2.45) is 5.10 Å². The van der Waals surface area contributed by atoms with E-state index < -0.39 is 23.6 Å². The zero-order chi connectivity index (χ0) is 24.5. The highest BCUT2D eigenvalue weighted by Gasteiger charge is 2.14. The second kappa shape index (κ2) is 11.6. The maximum absolute atomic E-state index is 12.9. The van der Waals surface area contributed by atoms with Gasteiger partial charge in [0, 0.05) is 10.7 Å². The van der Waals surface area contributed by atoms with Crippen molar-refractivity contribution in [1.29, 1.82) is 0 Å². The Bertz CT molecular complexity index is 1210. The summed E-state index contributed by atoms with van der Waals surface area (Å²) in [6.45, 7) is 2.08. The Labute approximate surface area is 199 Å². The van der Waals surface area contributed by atoms with Gasteiger partial charge in [0.05, 0.1) is 18.4 Å². The van der Waals surface area contributed by atoms with Gasteiger partial charge in [-0.1, -0.05) is 11.6 Å². The molecule has 0 radical (unpaired) electrons. The highest BCUT2D eigenvalue weighted by atomic mass is 35.5. The van der Waals surface area contributed by atoms with Crippen LogP contribution in [0.4, 0.5) is 10.1 Å². The van der Waals surface area contributed by atoms with Crippen LogP contribution in [0.2, 0.25) is 5.02 Å². The third kappa shape index (κ3) is 6.88. The Kier molecular flexibility index (Phi) is 8.31. The molecule has 0 unspecified atom stereocenters. The molecule has 0 fully saturated rings. The van der Waals surface area contributed by atoms with Crippen LogP contribution >= 0.6 is 11.6 Å². The Balaban J connectivity index is 1.62. The summed E-state index contributed by atoms with van der Waals surface area (Å²) in [6, 6.07) is 15.8. The summed E-state index contributed by atoms with van der Waals surface area (Å²) < 4.78 is 23.9. The lowest BCUT2D eigenvalue weighted by molar-refractivity contribution is -0.136. The van der Waals surface area contributed by atoms with Crippen LogP contribution in [-0.2, 0) is 9.59 Å². The van der Waals surface area contributed by atoms with E-state index in [0.29, 0.717) is 22.8 Å². The molecule has 3 rings (SSSR count). The number of ether oxygens (including phenoxy) is 2. The van der Waals surface area contributed by atoms with E-state index in [2.05, 4.69) is 15.8 Å². The highest BCUT2D eigenvalue weighted by molar-refractivity contribution is 6.39. The minimum atomic E-state index is -1.01. The molecule has 0 aliphatic rings. The van der Waals surface area contributed by atoms with Gasteiger partial charge in [-0.2, -0.15) is 5.10 Å². The summed E-state index contributed by atoms with van der Waals surface area (Å²) in [6.07, 6.45) is 1.29. The van der Waals surface area contributed by atoms with E-state index in [4.69, 9.17) is 21.1 Å². The molecule has 0 bridgehead atoms. The average molecular weight is 484 g/mol. The molecular formula is C24H19ClFN3O5. The molecule has 174 valence electrons. The molecule has 34 heavy (non-hydrogen) atoms. The van der Waals surface area contributed by atoms with Gasteiger partial charge in [-0.05, 0) is 79.2 Å². The van der Waals surface area contributed by atoms with Crippen molar-refractivity contribution in [2.45, 2.75) is 6.92 Å². The summed E-state index contributed by atoms with van der Waals surface area (Å²) in [5, 5.41) is 6.56. The van der Waals surface area contributed by atoms with Crippen LogP contribution in [0.3, 0.4) is 0 Å². The largest absolute Gasteiger partial charge is 0.490 e. The van der Waals surface area contributed by atoms with Crippen molar-refractivity contribution in [3.05, 3.63) is 88.7 Å². The number of amides is 2. The molecule has 2 amide bonds. The number of carbonyl (C=O) groups is 3. The lowest BCUT2D eigenvalue weighted by atomic mass is 10.2. The van der Waals surface area contributed by atoms with Crippen LogP contribution in [-0.4, -0.2) is 30.6 Å². The van der Waals surface area contributed by atoms with Crippen molar-refractivity contribution in [1.82, 2.24) is 5.43 Å². The number of nitrogens with one attached hydrogen (secondary N) is 2. The molecule has 2 N–H and O–H groups in total. The number of carbonyl (C=O) groups excluding carboxylic acids is 3. The molecule has 0 atom stereocenters. The molecule has 0 aromatic heterocycles. The number of nitrogens with zero attached hydrogens (tertiary/aromatic N) is 1. The first-order valence-corrected chi connectivity index (χ1v) is 10.4. The fraction of sp³-hybridized carbons (Fsp3) is 0.0833. The molecular weight excluding hydrogens is 465 g/mol. The van der Waals surface area contributed by atoms with Crippen LogP contribution in [0.1, 0.15) is 22.8 Å². The minimum absolute atomic E-state index is 0.196. The third-order valence-corrected chi connectivity index (χ3v) is 4.49. The van der Waals surface area contributed by atoms with Crippen molar-refractivity contribution >= 4 is 41.3 Å². The molecule has 0 heterocycles. The summed E-state index contributed by atoms with van der Waals surface area (Å²) in [5.41, 5.74) is 3.18. The quantitative estimate of drug-likeness (QED) is 0.172. The first-order valence-electron chi connectivity index (χ1n) is 10.00. The summed E-state index contributed by atoms with van der Waals surface area (Å²) in [4.78, 5) is 36.2. The highest BCUT2D eigenvalue weighted by Crippen LogP contribution is 2.29. The Morgan fingerprint density at radius 3 is 2.35 bits per heavy atom. The molecule has 0 aliphatic carbocycles. The predicted octanol–water partition coefficient (Wildman–Crippen LogP) is 4.19.